The van der Waals surface area contributed by atoms with Gasteiger partial charge >= 0.3 is 0 Å². The maximum Gasteiger partial charge on any atom is 0.163 e. The van der Waals surface area contributed by atoms with Crippen molar-refractivity contribution in [3.05, 3.63) is 71.8 Å². The van der Waals surface area contributed by atoms with Gasteiger partial charge in [0, 0.05) is 0 Å². The van der Waals surface area contributed by atoms with Gasteiger partial charge in [-0.2, -0.15) is 0 Å². The molecule has 0 amide bonds. The van der Waals surface area contributed by atoms with Crippen molar-refractivity contribution in [1.82, 2.24) is 0 Å². The molecule has 0 aliphatic heterocycles. The van der Waals surface area contributed by atoms with E-state index in [1.54, 1.807) is 7.11 Å². The van der Waals surface area contributed by atoms with Crippen LogP contribution in [0.1, 0.15) is 17.5 Å². The van der Waals surface area contributed by atoms with Crippen LogP contribution < -0.4 is 9.47 Å². The lowest BCUT2D eigenvalue weighted by atomic mass is 10.1. The van der Waals surface area contributed by atoms with Gasteiger partial charge in [0.2, 0.25) is 0 Å². The average Bonchev–Trinajstić information content (AvgIpc) is 2.70. The smallest absolute Gasteiger partial charge is 0.163 e. The molecule has 4 heteroatoms. The first-order valence-corrected chi connectivity index (χ1v) is 8.76. The zero-order valence-electron chi connectivity index (χ0n) is 14.9. The number of methoxy groups -OCH3 is 1. The molecule has 136 valence electrons. The lowest BCUT2D eigenvalue weighted by molar-refractivity contribution is 0.0884. The Bertz CT molecular complexity index is 860. The van der Waals surface area contributed by atoms with Crippen LogP contribution in [0.2, 0.25) is 0 Å². The number of hydrogen-bond acceptors (Lipinski definition) is 4. The Morgan fingerprint density at radius 3 is 2.54 bits per heavy atom. The Kier molecular flexibility index (Phi) is 6.10. The zero-order valence-corrected chi connectivity index (χ0v) is 14.9. The molecule has 0 heterocycles. The van der Waals surface area contributed by atoms with Crippen LogP contribution in [-0.4, -0.2) is 30.0 Å². The molecule has 3 aromatic rings. The lowest BCUT2D eigenvalue weighted by Crippen LogP contribution is -2.13. The third kappa shape index (κ3) is 4.34. The lowest BCUT2D eigenvalue weighted by Gasteiger charge is -2.15. The zero-order chi connectivity index (χ0) is 18.4. The van der Waals surface area contributed by atoms with Crippen LogP contribution in [0.15, 0.2) is 60.7 Å². The molecule has 4 nitrogen and oxygen atoms in total. The van der Waals surface area contributed by atoms with Crippen molar-refractivity contribution >= 4 is 10.8 Å². The molecule has 26 heavy (non-hydrogen) atoms. The van der Waals surface area contributed by atoms with Gasteiger partial charge in [0.1, 0.15) is 6.61 Å². The second kappa shape index (κ2) is 8.70. The summed E-state index contributed by atoms with van der Waals surface area (Å²) in [6, 6.07) is 20.3. The molecule has 3 aromatic carbocycles. The number of benzene rings is 3. The Morgan fingerprint density at radius 1 is 0.962 bits per heavy atom. The van der Waals surface area contributed by atoms with E-state index in [1.807, 2.05) is 30.3 Å². The van der Waals surface area contributed by atoms with Crippen LogP contribution in [0.3, 0.4) is 0 Å². The number of rotatable bonds is 8. The summed E-state index contributed by atoms with van der Waals surface area (Å²) in [4.78, 5) is 0. The summed E-state index contributed by atoms with van der Waals surface area (Å²) in [5, 5.41) is 20.9. The first-order chi connectivity index (χ1) is 12.7. The van der Waals surface area contributed by atoms with Crippen LogP contribution in [0.4, 0.5) is 0 Å². The fourth-order valence-electron chi connectivity index (χ4n) is 3.01. The highest BCUT2D eigenvalue weighted by atomic mass is 16.5. The monoisotopic (exact) mass is 352 g/mol. The van der Waals surface area contributed by atoms with Crippen molar-refractivity contribution in [1.29, 1.82) is 0 Å². The number of ether oxygens (including phenoxy) is 2. The molecule has 0 radical (unpaired) electrons. The van der Waals surface area contributed by atoms with Gasteiger partial charge in [-0.3, -0.25) is 0 Å². The molecule has 0 aliphatic rings. The fraction of sp³-hybridized carbons (Fsp3) is 0.273. The number of fused-ring (bicyclic) bond motifs is 1. The molecule has 1 unspecified atom stereocenters. The number of aliphatic hydroxyl groups is 2. The third-order valence-electron chi connectivity index (χ3n) is 4.43. The molecular formula is C22H24O4. The van der Waals surface area contributed by atoms with Crippen molar-refractivity contribution in [3.63, 3.8) is 0 Å². The highest BCUT2D eigenvalue weighted by molar-refractivity contribution is 5.82. The van der Waals surface area contributed by atoms with Gasteiger partial charge in [-0.25, -0.2) is 0 Å². The molecule has 0 saturated heterocycles. The van der Waals surface area contributed by atoms with Crippen LogP contribution in [0, 0.1) is 0 Å². The van der Waals surface area contributed by atoms with E-state index in [0.717, 1.165) is 11.1 Å². The first kappa shape index (κ1) is 18.2. The number of aliphatic hydroxyl groups excluding tert-OH is 2. The third-order valence-corrected chi connectivity index (χ3v) is 4.43. The van der Waals surface area contributed by atoms with E-state index < -0.39 is 6.10 Å². The molecule has 3 rings (SSSR count). The molecule has 2 N–H and O–H groups in total. The molecule has 0 bridgehead atoms. The van der Waals surface area contributed by atoms with E-state index in [2.05, 4.69) is 30.3 Å². The van der Waals surface area contributed by atoms with Gasteiger partial charge in [0.25, 0.3) is 0 Å². The maximum atomic E-state index is 9.57. The quantitative estimate of drug-likeness (QED) is 0.649. The summed E-state index contributed by atoms with van der Waals surface area (Å²) in [6.45, 7) is 0.213. The largest absolute Gasteiger partial charge is 0.493 e. The Labute approximate surface area is 153 Å². The number of hydrogen-bond donors (Lipinski definition) is 2. The van der Waals surface area contributed by atoms with Crippen LogP contribution >= 0.6 is 0 Å². The SMILES string of the molecule is COc1c(CCC(O)CO)cccc1OCc1ccc2ccccc2c1. The van der Waals surface area contributed by atoms with Gasteiger partial charge < -0.3 is 19.7 Å². The Hall–Kier alpha value is -2.56. The van der Waals surface area contributed by atoms with E-state index in [1.165, 1.54) is 10.8 Å². The highest BCUT2D eigenvalue weighted by Gasteiger charge is 2.12. The second-order valence-corrected chi connectivity index (χ2v) is 6.29. The second-order valence-electron chi connectivity index (χ2n) is 6.29. The van der Waals surface area contributed by atoms with Crippen molar-refractivity contribution in [2.24, 2.45) is 0 Å². The minimum absolute atomic E-state index is 0.236. The summed E-state index contributed by atoms with van der Waals surface area (Å²) < 4.78 is 11.5. The topological polar surface area (TPSA) is 58.9 Å². The van der Waals surface area contributed by atoms with E-state index in [4.69, 9.17) is 14.6 Å². The van der Waals surface area contributed by atoms with E-state index >= 15 is 0 Å². The highest BCUT2D eigenvalue weighted by Crippen LogP contribution is 2.32. The van der Waals surface area contributed by atoms with Crippen molar-refractivity contribution in [2.75, 3.05) is 13.7 Å². The fourth-order valence-corrected chi connectivity index (χ4v) is 3.01. The summed E-state index contributed by atoms with van der Waals surface area (Å²) in [6.07, 6.45) is 0.362. The van der Waals surface area contributed by atoms with E-state index in [-0.39, 0.29) is 6.61 Å². The maximum absolute atomic E-state index is 9.57. The van der Waals surface area contributed by atoms with Gasteiger partial charge in [0.15, 0.2) is 11.5 Å². The molecule has 0 spiro atoms. The predicted octanol–water partition coefficient (Wildman–Crippen LogP) is 3.71. The van der Waals surface area contributed by atoms with Crippen molar-refractivity contribution in [2.45, 2.75) is 25.6 Å². The Morgan fingerprint density at radius 2 is 1.77 bits per heavy atom. The van der Waals surface area contributed by atoms with Crippen LogP contribution in [0.25, 0.3) is 10.8 Å². The summed E-state index contributed by atoms with van der Waals surface area (Å²) in [5.74, 6) is 1.36. The van der Waals surface area contributed by atoms with Crippen molar-refractivity contribution in [3.8, 4) is 11.5 Å². The average molecular weight is 352 g/mol. The number of aryl methyl sites for hydroxylation is 1. The standard InChI is InChI=1S/C22H24O4/c1-25-22-18(11-12-20(24)14-23)7-4-8-21(22)26-15-16-9-10-17-5-2-3-6-19(17)13-16/h2-10,13,20,23-24H,11-12,14-15H2,1H3. The minimum atomic E-state index is -0.720. The van der Waals surface area contributed by atoms with Crippen LogP contribution in [0.5, 0.6) is 11.5 Å². The van der Waals surface area contributed by atoms with Gasteiger partial charge in [0.05, 0.1) is 19.8 Å². The molecular weight excluding hydrogens is 328 g/mol. The first-order valence-electron chi connectivity index (χ1n) is 8.76. The predicted molar refractivity (Wildman–Crippen MR) is 103 cm³/mol. The summed E-state index contributed by atoms with van der Waals surface area (Å²) >= 11 is 0. The van der Waals surface area contributed by atoms with Gasteiger partial charge in [-0.05, 0) is 46.9 Å². The summed E-state index contributed by atoms with van der Waals surface area (Å²) in [5.41, 5.74) is 2.04. The molecule has 0 saturated carbocycles. The van der Waals surface area contributed by atoms with Crippen LogP contribution in [-0.2, 0) is 13.0 Å². The van der Waals surface area contributed by atoms with Crippen molar-refractivity contribution < 1.29 is 19.7 Å². The normalized spacial score (nSPS) is 12.1. The molecule has 1 atom stereocenters. The van der Waals surface area contributed by atoms with E-state index in [9.17, 15) is 5.11 Å². The molecule has 0 aromatic heterocycles. The molecule has 0 fully saturated rings. The van der Waals surface area contributed by atoms with Gasteiger partial charge in [-0.1, -0.05) is 48.5 Å². The Balaban J connectivity index is 1.73. The minimum Gasteiger partial charge on any atom is -0.493 e. The molecule has 0 aliphatic carbocycles. The number of para-hydroxylation sites is 1. The van der Waals surface area contributed by atoms with Gasteiger partial charge in [-0.15, -0.1) is 0 Å². The van der Waals surface area contributed by atoms with E-state index in [0.29, 0.717) is 30.9 Å². The summed E-state index contributed by atoms with van der Waals surface area (Å²) in [7, 11) is 1.62.